The van der Waals surface area contributed by atoms with Crippen molar-refractivity contribution in [2.75, 3.05) is 26.6 Å². The molecule has 6 heteroatoms. The average Bonchev–Trinajstić information content (AvgIpc) is 2.59. The Morgan fingerprint density at radius 3 is 2.29 bits per heavy atom. The molecule has 0 aliphatic carbocycles. The van der Waals surface area contributed by atoms with E-state index in [9.17, 15) is 9.90 Å². The van der Waals surface area contributed by atoms with Gasteiger partial charge in [0, 0.05) is 24.1 Å². The van der Waals surface area contributed by atoms with Crippen LogP contribution in [-0.4, -0.2) is 32.3 Å². The molecule has 1 aliphatic rings. The minimum absolute atomic E-state index is 0.105. The van der Waals surface area contributed by atoms with Gasteiger partial charge >= 0.3 is 0 Å². The Hall–Kier alpha value is -2.89. The number of rotatable bonds is 4. The molecular formula is C18H19NO5. The molecule has 0 spiro atoms. The molecule has 1 aliphatic heterocycles. The van der Waals surface area contributed by atoms with Crippen molar-refractivity contribution in [3.63, 3.8) is 0 Å². The zero-order valence-corrected chi connectivity index (χ0v) is 13.8. The normalized spacial score (nSPS) is 16.1. The number of aromatic hydroxyl groups is 1. The number of nitrogens with one attached hydrogen (secondary N) is 1. The fourth-order valence-electron chi connectivity index (χ4n) is 3.05. The lowest BCUT2D eigenvalue weighted by Gasteiger charge is -2.27. The van der Waals surface area contributed by atoms with Crippen LogP contribution >= 0.6 is 0 Å². The maximum Gasteiger partial charge on any atom is 0.225 e. The number of carbonyl (C=O) groups is 1. The standard InChI is InChI=1S/C18H19NO5/c1-22-15-6-10(7-16(23-2)18(15)24-3)13-9-17(21)19-14-8-11(20)4-5-12(13)14/h4-8,13,20H,9H2,1-3H3,(H,19,21)/t13-/m1/s1. The molecule has 0 bridgehead atoms. The van der Waals surface area contributed by atoms with Gasteiger partial charge in [-0.05, 0) is 29.3 Å². The summed E-state index contributed by atoms with van der Waals surface area (Å²) in [6.45, 7) is 0. The average molecular weight is 329 g/mol. The van der Waals surface area contributed by atoms with E-state index in [0.29, 0.717) is 29.4 Å². The van der Waals surface area contributed by atoms with Crippen LogP contribution in [0.4, 0.5) is 5.69 Å². The first kappa shape index (κ1) is 16.0. The number of hydrogen-bond donors (Lipinski definition) is 2. The van der Waals surface area contributed by atoms with E-state index < -0.39 is 0 Å². The van der Waals surface area contributed by atoms with E-state index in [0.717, 1.165) is 11.1 Å². The number of phenolic OH excluding ortho intramolecular Hbond substituents is 1. The minimum atomic E-state index is -0.164. The Bertz CT molecular complexity index is 762. The third-order valence-electron chi connectivity index (χ3n) is 4.17. The summed E-state index contributed by atoms with van der Waals surface area (Å²) < 4.78 is 16.1. The van der Waals surface area contributed by atoms with Crippen LogP contribution in [0.25, 0.3) is 0 Å². The Morgan fingerprint density at radius 1 is 1.04 bits per heavy atom. The van der Waals surface area contributed by atoms with Crippen molar-refractivity contribution < 1.29 is 24.1 Å². The Morgan fingerprint density at radius 2 is 1.71 bits per heavy atom. The summed E-state index contributed by atoms with van der Waals surface area (Å²) in [5.41, 5.74) is 2.43. The Balaban J connectivity index is 2.14. The molecule has 0 radical (unpaired) electrons. The molecule has 1 heterocycles. The van der Waals surface area contributed by atoms with Gasteiger partial charge < -0.3 is 24.6 Å². The molecule has 0 saturated carbocycles. The highest BCUT2D eigenvalue weighted by Crippen LogP contribution is 2.44. The lowest BCUT2D eigenvalue weighted by molar-refractivity contribution is -0.116. The summed E-state index contributed by atoms with van der Waals surface area (Å²) in [5, 5.41) is 12.5. The number of carbonyl (C=O) groups excluding carboxylic acids is 1. The molecular weight excluding hydrogens is 310 g/mol. The second-order valence-corrected chi connectivity index (χ2v) is 5.54. The van der Waals surface area contributed by atoms with Crippen molar-refractivity contribution in [3.05, 3.63) is 41.5 Å². The number of benzene rings is 2. The SMILES string of the molecule is COc1cc([C@H]2CC(=O)Nc3cc(O)ccc32)cc(OC)c1OC. The molecule has 0 saturated heterocycles. The first-order valence-electron chi connectivity index (χ1n) is 7.50. The molecule has 1 amide bonds. The van der Waals surface area contributed by atoms with Gasteiger partial charge in [-0.2, -0.15) is 0 Å². The number of methoxy groups -OCH3 is 3. The molecule has 0 fully saturated rings. The number of fused-ring (bicyclic) bond motifs is 1. The number of amides is 1. The lowest BCUT2D eigenvalue weighted by Crippen LogP contribution is -2.23. The third-order valence-corrected chi connectivity index (χ3v) is 4.17. The van der Waals surface area contributed by atoms with Crippen LogP contribution in [0.2, 0.25) is 0 Å². The Labute approximate surface area is 140 Å². The summed E-state index contributed by atoms with van der Waals surface area (Å²) in [5.74, 6) is 1.43. The summed E-state index contributed by atoms with van der Waals surface area (Å²) in [4.78, 5) is 12.1. The molecule has 0 unspecified atom stereocenters. The van der Waals surface area contributed by atoms with Crippen molar-refractivity contribution in [1.82, 2.24) is 0 Å². The predicted molar refractivity (Wildman–Crippen MR) is 89.3 cm³/mol. The van der Waals surface area contributed by atoms with E-state index in [-0.39, 0.29) is 17.6 Å². The van der Waals surface area contributed by atoms with Crippen molar-refractivity contribution >= 4 is 11.6 Å². The first-order valence-corrected chi connectivity index (χ1v) is 7.50. The fourth-order valence-corrected chi connectivity index (χ4v) is 3.05. The van der Waals surface area contributed by atoms with Crippen LogP contribution < -0.4 is 19.5 Å². The quantitative estimate of drug-likeness (QED) is 0.902. The summed E-state index contributed by atoms with van der Waals surface area (Å²) in [6, 6.07) is 8.68. The first-order chi connectivity index (χ1) is 11.6. The topological polar surface area (TPSA) is 77.0 Å². The highest BCUT2D eigenvalue weighted by Gasteiger charge is 2.28. The molecule has 1 atom stereocenters. The second-order valence-electron chi connectivity index (χ2n) is 5.54. The summed E-state index contributed by atoms with van der Waals surface area (Å²) >= 11 is 0. The van der Waals surface area contributed by atoms with E-state index in [4.69, 9.17) is 14.2 Å². The van der Waals surface area contributed by atoms with Gasteiger partial charge in [0.1, 0.15) is 5.75 Å². The van der Waals surface area contributed by atoms with E-state index >= 15 is 0 Å². The highest BCUT2D eigenvalue weighted by molar-refractivity contribution is 5.95. The van der Waals surface area contributed by atoms with Crippen LogP contribution in [0.3, 0.4) is 0 Å². The largest absolute Gasteiger partial charge is 0.508 e. The van der Waals surface area contributed by atoms with E-state index in [1.54, 1.807) is 33.5 Å². The number of hydrogen-bond acceptors (Lipinski definition) is 5. The fraction of sp³-hybridized carbons (Fsp3) is 0.278. The van der Waals surface area contributed by atoms with Crippen LogP contribution in [0.15, 0.2) is 30.3 Å². The zero-order chi connectivity index (χ0) is 17.3. The maximum absolute atomic E-state index is 12.1. The van der Waals surface area contributed by atoms with E-state index in [1.165, 1.54) is 0 Å². The predicted octanol–water partition coefficient (Wildman–Crippen LogP) is 2.89. The smallest absolute Gasteiger partial charge is 0.225 e. The Kier molecular flexibility index (Phi) is 4.20. The van der Waals surface area contributed by atoms with Gasteiger partial charge in [-0.15, -0.1) is 0 Å². The van der Waals surface area contributed by atoms with Gasteiger partial charge in [-0.25, -0.2) is 0 Å². The molecule has 0 aromatic heterocycles. The molecule has 2 aromatic carbocycles. The van der Waals surface area contributed by atoms with Crippen molar-refractivity contribution in [3.8, 4) is 23.0 Å². The molecule has 126 valence electrons. The van der Waals surface area contributed by atoms with Gasteiger partial charge in [0.2, 0.25) is 11.7 Å². The van der Waals surface area contributed by atoms with Gasteiger partial charge in [0.15, 0.2) is 11.5 Å². The molecule has 3 rings (SSSR count). The van der Waals surface area contributed by atoms with Gasteiger partial charge in [0.25, 0.3) is 0 Å². The van der Waals surface area contributed by atoms with E-state index in [1.807, 2.05) is 18.2 Å². The number of anilines is 1. The van der Waals surface area contributed by atoms with Crippen molar-refractivity contribution in [2.45, 2.75) is 12.3 Å². The van der Waals surface area contributed by atoms with Crippen LogP contribution in [0, 0.1) is 0 Å². The van der Waals surface area contributed by atoms with Crippen LogP contribution in [0.1, 0.15) is 23.5 Å². The maximum atomic E-state index is 12.1. The second kappa shape index (κ2) is 6.31. The van der Waals surface area contributed by atoms with Crippen molar-refractivity contribution in [2.24, 2.45) is 0 Å². The van der Waals surface area contributed by atoms with Crippen LogP contribution in [0.5, 0.6) is 23.0 Å². The molecule has 6 nitrogen and oxygen atoms in total. The molecule has 2 aromatic rings. The lowest BCUT2D eigenvalue weighted by atomic mass is 9.84. The van der Waals surface area contributed by atoms with Crippen molar-refractivity contribution in [1.29, 1.82) is 0 Å². The monoisotopic (exact) mass is 329 g/mol. The third kappa shape index (κ3) is 2.71. The number of ether oxygens (including phenoxy) is 3. The zero-order valence-electron chi connectivity index (χ0n) is 13.8. The van der Waals surface area contributed by atoms with Gasteiger partial charge in [-0.3, -0.25) is 4.79 Å². The van der Waals surface area contributed by atoms with Crippen LogP contribution in [-0.2, 0) is 4.79 Å². The summed E-state index contributed by atoms with van der Waals surface area (Å²) in [7, 11) is 4.66. The molecule has 2 N–H and O–H groups in total. The van der Waals surface area contributed by atoms with Gasteiger partial charge in [0.05, 0.1) is 21.3 Å². The highest BCUT2D eigenvalue weighted by atomic mass is 16.5. The van der Waals surface area contributed by atoms with Gasteiger partial charge in [-0.1, -0.05) is 6.07 Å². The number of phenols is 1. The van der Waals surface area contributed by atoms with E-state index in [2.05, 4.69) is 5.32 Å². The molecule has 24 heavy (non-hydrogen) atoms. The minimum Gasteiger partial charge on any atom is -0.508 e. The summed E-state index contributed by atoms with van der Waals surface area (Å²) in [6.07, 6.45) is 0.302.